The summed E-state index contributed by atoms with van der Waals surface area (Å²) in [4.78, 5) is 28.4. The molecule has 0 aliphatic heterocycles. The Morgan fingerprint density at radius 1 is 0.850 bits per heavy atom. The number of nitrogens with zero attached hydrogens (tertiary/aromatic N) is 2. The van der Waals surface area contributed by atoms with Crippen LogP contribution in [0, 0.1) is 6.92 Å². The molecule has 214 valence electrons. The molecule has 0 aliphatic carbocycles. The monoisotopic (exact) mass is 583 g/mol. The lowest BCUT2D eigenvalue weighted by Gasteiger charge is -2.32. The normalized spacial score (nSPS) is 12.3. The van der Waals surface area contributed by atoms with E-state index in [1.165, 1.54) is 17.0 Å². The van der Waals surface area contributed by atoms with Crippen molar-refractivity contribution in [2.75, 3.05) is 10.8 Å². The average Bonchev–Trinajstić information content (AvgIpc) is 2.90. The number of amides is 2. The maximum absolute atomic E-state index is 14.0. The first-order valence-corrected chi connectivity index (χ1v) is 15.1. The molecule has 0 bridgehead atoms. The van der Waals surface area contributed by atoms with Crippen molar-refractivity contribution in [2.24, 2.45) is 0 Å². The molecule has 9 heteroatoms. The van der Waals surface area contributed by atoms with E-state index >= 15 is 0 Å². The fourth-order valence-corrected chi connectivity index (χ4v) is 5.71. The lowest BCUT2D eigenvalue weighted by Crippen LogP contribution is -2.52. The number of nitrogens with one attached hydrogen (secondary N) is 1. The second-order valence-corrected chi connectivity index (χ2v) is 12.9. The Kier molecular flexibility index (Phi) is 10.4. The Balaban J connectivity index is 2.04. The molecule has 3 rings (SSSR count). The maximum Gasteiger partial charge on any atom is 0.264 e. The van der Waals surface area contributed by atoms with E-state index in [-0.39, 0.29) is 29.3 Å². The minimum absolute atomic E-state index is 0.0775. The van der Waals surface area contributed by atoms with Crippen LogP contribution in [0.25, 0.3) is 0 Å². The number of hydrogen-bond acceptors (Lipinski definition) is 4. The van der Waals surface area contributed by atoms with Gasteiger partial charge in [0.1, 0.15) is 12.6 Å². The lowest BCUT2D eigenvalue weighted by molar-refractivity contribution is -0.139. The Hall–Kier alpha value is -3.36. The van der Waals surface area contributed by atoms with Crippen molar-refractivity contribution in [3.8, 4) is 0 Å². The summed E-state index contributed by atoms with van der Waals surface area (Å²) in [5.74, 6) is -0.579. The molecular formula is C31H38ClN3O4S. The number of rotatable bonds is 11. The highest BCUT2D eigenvalue weighted by molar-refractivity contribution is 7.92. The first kappa shape index (κ1) is 31.2. The Morgan fingerprint density at radius 2 is 1.43 bits per heavy atom. The summed E-state index contributed by atoms with van der Waals surface area (Å²) in [6, 6.07) is 19.7. The van der Waals surface area contributed by atoms with E-state index in [1.807, 2.05) is 32.9 Å². The lowest BCUT2D eigenvalue weighted by atomic mass is 10.0. The smallest absolute Gasteiger partial charge is 0.264 e. The van der Waals surface area contributed by atoms with Crippen LogP contribution in [0.1, 0.15) is 57.2 Å². The van der Waals surface area contributed by atoms with Gasteiger partial charge in [-0.25, -0.2) is 8.42 Å². The molecule has 1 atom stereocenters. The van der Waals surface area contributed by atoms with Crippen molar-refractivity contribution in [3.05, 3.63) is 94.5 Å². The second kappa shape index (κ2) is 13.3. The van der Waals surface area contributed by atoms with Gasteiger partial charge < -0.3 is 10.2 Å². The van der Waals surface area contributed by atoms with Crippen LogP contribution in [-0.2, 0) is 26.2 Å². The quantitative estimate of drug-likeness (QED) is 0.304. The van der Waals surface area contributed by atoms with E-state index in [0.29, 0.717) is 10.7 Å². The van der Waals surface area contributed by atoms with Gasteiger partial charge in [-0.05, 0) is 81.1 Å². The maximum atomic E-state index is 14.0. The van der Waals surface area contributed by atoms with Gasteiger partial charge >= 0.3 is 0 Å². The second-order valence-electron chi connectivity index (χ2n) is 10.6. The molecule has 3 aromatic carbocycles. The highest BCUT2D eigenvalue weighted by atomic mass is 35.5. The summed E-state index contributed by atoms with van der Waals surface area (Å²) in [5.41, 5.74) is 3.09. The average molecular weight is 584 g/mol. The third-order valence-electron chi connectivity index (χ3n) is 6.60. The molecular weight excluding hydrogens is 546 g/mol. The largest absolute Gasteiger partial charge is 0.352 e. The molecule has 3 aromatic rings. The van der Waals surface area contributed by atoms with Gasteiger partial charge in [-0.15, -0.1) is 0 Å². The highest BCUT2D eigenvalue weighted by Crippen LogP contribution is 2.27. The van der Waals surface area contributed by atoms with Crippen LogP contribution in [0.3, 0.4) is 0 Å². The Labute approximate surface area is 243 Å². The SMILES string of the molecule is Cc1ccc(S(=O)(=O)N(CC(=O)N(Cc2ccc(Cl)cc2)[C@H](C)C(=O)NC(C)C)c2ccc(C(C)C)cc2)cc1. The van der Waals surface area contributed by atoms with E-state index in [2.05, 4.69) is 19.2 Å². The fourth-order valence-electron chi connectivity index (χ4n) is 4.17. The van der Waals surface area contributed by atoms with Crippen LogP contribution in [0.4, 0.5) is 5.69 Å². The zero-order chi connectivity index (χ0) is 29.6. The summed E-state index contributed by atoms with van der Waals surface area (Å²) in [7, 11) is -4.11. The summed E-state index contributed by atoms with van der Waals surface area (Å²) in [6.07, 6.45) is 0. The molecule has 7 nitrogen and oxygen atoms in total. The molecule has 0 saturated carbocycles. The van der Waals surface area contributed by atoms with Gasteiger partial charge in [-0.3, -0.25) is 13.9 Å². The van der Waals surface area contributed by atoms with Crippen LogP contribution in [0.2, 0.25) is 5.02 Å². The van der Waals surface area contributed by atoms with Crippen LogP contribution in [0.15, 0.2) is 77.7 Å². The third-order valence-corrected chi connectivity index (χ3v) is 8.64. The van der Waals surface area contributed by atoms with E-state index in [1.54, 1.807) is 55.5 Å². The standard InChI is InChI=1S/C31H38ClN3O4S/c1-21(2)26-11-15-28(16-12-26)35(40(38,39)29-17-7-23(5)8-18-29)20-30(36)34(24(6)31(37)33-22(3)4)19-25-9-13-27(32)14-10-25/h7-18,21-22,24H,19-20H2,1-6H3,(H,33,37)/t24-/m1/s1. The van der Waals surface area contributed by atoms with Gasteiger partial charge in [0.25, 0.3) is 10.0 Å². The molecule has 0 fully saturated rings. The zero-order valence-electron chi connectivity index (χ0n) is 23.9. The number of carbonyl (C=O) groups is 2. The van der Waals surface area contributed by atoms with Crippen molar-refractivity contribution in [3.63, 3.8) is 0 Å². The predicted molar refractivity (Wildman–Crippen MR) is 161 cm³/mol. The first-order chi connectivity index (χ1) is 18.8. The van der Waals surface area contributed by atoms with Crippen molar-refractivity contribution in [2.45, 2.75) is 71.0 Å². The number of anilines is 1. The molecule has 0 spiro atoms. The van der Waals surface area contributed by atoms with Crippen LogP contribution < -0.4 is 9.62 Å². The van der Waals surface area contributed by atoms with E-state index < -0.39 is 28.5 Å². The van der Waals surface area contributed by atoms with Gasteiger partial charge in [0, 0.05) is 17.6 Å². The molecule has 40 heavy (non-hydrogen) atoms. The van der Waals surface area contributed by atoms with Crippen LogP contribution in [-0.4, -0.2) is 43.8 Å². The van der Waals surface area contributed by atoms with E-state index in [9.17, 15) is 18.0 Å². The van der Waals surface area contributed by atoms with Gasteiger partial charge in [0.2, 0.25) is 11.8 Å². The summed E-state index contributed by atoms with van der Waals surface area (Å²) in [5, 5.41) is 3.40. The molecule has 0 radical (unpaired) electrons. The van der Waals surface area contributed by atoms with Crippen molar-refractivity contribution in [1.82, 2.24) is 10.2 Å². The zero-order valence-corrected chi connectivity index (χ0v) is 25.5. The van der Waals surface area contributed by atoms with E-state index in [0.717, 1.165) is 21.0 Å². The highest BCUT2D eigenvalue weighted by Gasteiger charge is 2.32. The summed E-state index contributed by atoms with van der Waals surface area (Å²) in [6.45, 7) is 10.9. The van der Waals surface area contributed by atoms with Gasteiger partial charge in [-0.1, -0.05) is 67.4 Å². The molecule has 1 N–H and O–H groups in total. The fraction of sp³-hybridized carbons (Fsp3) is 0.355. The van der Waals surface area contributed by atoms with Crippen molar-refractivity contribution in [1.29, 1.82) is 0 Å². The van der Waals surface area contributed by atoms with Gasteiger partial charge in [0.05, 0.1) is 10.6 Å². The minimum atomic E-state index is -4.11. The van der Waals surface area contributed by atoms with Crippen LogP contribution in [0.5, 0.6) is 0 Å². The number of sulfonamides is 1. The molecule has 2 amide bonds. The van der Waals surface area contributed by atoms with Crippen molar-refractivity contribution < 1.29 is 18.0 Å². The number of benzene rings is 3. The Bertz CT molecular complexity index is 1400. The topological polar surface area (TPSA) is 86.8 Å². The van der Waals surface area contributed by atoms with Crippen LogP contribution >= 0.6 is 11.6 Å². The molecule has 0 saturated heterocycles. The number of carbonyl (C=O) groups excluding carboxylic acids is 2. The molecule has 0 unspecified atom stereocenters. The van der Waals surface area contributed by atoms with Crippen molar-refractivity contribution >= 4 is 39.1 Å². The number of hydrogen-bond donors (Lipinski definition) is 1. The molecule has 0 aliphatic rings. The summed E-state index contributed by atoms with van der Waals surface area (Å²) < 4.78 is 29.0. The van der Waals surface area contributed by atoms with E-state index in [4.69, 9.17) is 11.6 Å². The third kappa shape index (κ3) is 7.86. The summed E-state index contributed by atoms with van der Waals surface area (Å²) >= 11 is 6.05. The number of aryl methyl sites for hydroxylation is 1. The molecule has 0 aromatic heterocycles. The predicted octanol–water partition coefficient (Wildman–Crippen LogP) is 5.91. The molecule has 0 heterocycles. The van der Waals surface area contributed by atoms with Gasteiger partial charge in [-0.2, -0.15) is 0 Å². The Morgan fingerprint density at radius 3 is 1.95 bits per heavy atom. The minimum Gasteiger partial charge on any atom is -0.352 e. The first-order valence-electron chi connectivity index (χ1n) is 13.3. The number of halogens is 1. The van der Waals surface area contributed by atoms with Gasteiger partial charge in [0.15, 0.2) is 0 Å².